The first-order chi connectivity index (χ1) is 10.1. The third-order valence-electron chi connectivity index (χ3n) is 3.86. The van der Waals surface area contributed by atoms with Crippen molar-refractivity contribution in [3.63, 3.8) is 0 Å². The highest BCUT2D eigenvalue weighted by Gasteiger charge is 2.25. The van der Waals surface area contributed by atoms with Crippen LogP contribution in [0.25, 0.3) is 21.1 Å². The van der Waals surface area contributed by atoms with E-state index in [0.29, 0.717) is 5.52 Å². The number of aryl methyl sites for hydroxylation is 1. The summed E-state index contributed by atoms with van der Waals surface area (Å²) in [4.78, 5) is 21.5. The molecule has 6 heteroatoms. The molecule has 1 aliphatic rings. The molecule has 0 unspecified atom stereocenters. The Morgan fingerprint density at radius 2 is 2.29 bits per heavy atom. The number of rotatable bonds is 0. The first-order valence-corrected chi connectivity index (χ1v) is 7.66. The number of hydrogen-bond acceptors (Lipinski definition) is 5. The number of aromatic nitrogens is 2. The van der Waals surface area contributed by atoms with E-state index in [-0.39, 0.29) is 17.8 Å². The van der Waals surface area contributed by atoms with Gasteiger partial charge in [0.1, 0.15) is 0 Å². The number of nitrogens with one attached hydrogen (secondary N) is 1. The molecule has 1 atom stereocenters. The zero-order valence-corrected chi connectivity index (χ0v) is 12.2. The van der Waals surface area contributed by atoms with Crippen molar-refractivity contribution in [3.8, 4) is 5.88 Å². The molecule has 3 aromatic rings. The normalized spacial score (nSPS) is 18.5. The molecule has 0 spiro atoms. The van der Waals surface area contributed by atoms with E-state index in [1.165, 1.54) is 17.5 Å². The van der Waals surface area contributed by atoms with Gasteiger partial charge in [-0.3, -0.25) is 4.79 Å². The molecule has 3 heterocycles. The van der Waals surface area contributed by atoms with Crippen LogP contribution in [0, 0.1) is 0 Å². The molecular weight excluding hydrogens is 286 g/mol. The number of benzene rings is 1. The first-order valence-electron chi connectivity index (χ1n) is 6.84. The van der Waals surface area contributed by atoms with E-state index in [9.17, 15) is 9.90 Å². The van der Waals surface area contributed by atoms with Crippen molar-refractivity contribution in [1.82, 2.24) is 15.3 Å². The molecule has 21 heavy (non-hydrogen) atoms. The lowest BCUT2D eigenvalue weighted by molar-refractivity contribution is 0.0946. The van der Waals surface area contributed by atoms with Crippen molar-refractivity contribution in [2.45, 2.75) is 25.8 Å². The molecule has 1 aromatic carbocycles. The third-order valence-corrected chi connectivity index (χ3v) is 5.06. The van der Waals surface area contributed by atoms with Crippen LogP contribution in [0.1, 0.15) is 28.6 Å². The van der Waals surface area contributed by atoms with Crippen LogP contribution in [0.15, 0.2) is 18.3 Å². The zero-order chi connectivity index (χ0) is 14.6. The second-order valence-electron chi connectivity index (χ2n) is 5.36. The average Bonchev–Trinajstić information content (AvgIpc) is 2.77. The van der Waals surface area contributed by atoms with Gasteiger partial charge in [0.2, 0.25) is 5.88 Å². The largest absolute Gasteiger partial charge is 0.492 e. The van der Waals surface area contributed by atoms with Gasteiger partial charge < -0.3 is 10.4 Å². The van der Waals surface area contributed by atoms with Crippen LogP contribution < -0.4 is 5.32 Å². The zero-order valence-electron chi connectivity index (χ0n) is 11.4. The fourth-order valence-electron chi connectivity index (χ4n) is 2.86. The SMILES string of the molecule is C[C@@H]1CCc2c(sc3ccc4nc(O)cnc4c23)C(=O)N1. The fraction of sp³-hybridized carbons (Fsp3) is 0.267. The standard InChI is InChI=1S/C15H13N3O2S/c1-7-2-3-8-12-10(21-14(8)15(20)17-7)5-4-9-13(12)16-6-11(19)18-9/h4-7H,2-3H2,1H3,(H,17,20)(H,18,19)/t7-/m1/s1. The summed E-state index contributed by atoms with van der Waals surface area (Å²) < 4.78 is 1.04. The molecule has 0 saturated heterocycles. The topological polar surface area (TPSA) is 75.1 Å². The Bertz CT molecular complexity index is 887. The van der Waals surface area contributed by atoms with Gasteiger partial charge in [-0.1, -0.05) is 0 Å². The number of amides is 1. The van der Waals surface area contributed by atoms with E-state index >= 15 is 0 Å². The van der Waals surface area contributed by atoms with E-state index in [2.05, 4.69) is 15.3 Å². The summed E-state index contributed by atoms with van der Waals surface area (Å²) in [5.41, 5.74) is 2.47. The molecule has 4 rings (SSSR count). The Morgan fingerprint density at radius 3 is 3.14 bits per heavy atom. The van der Waals surface area contributed by atoms with E-state index in [1.54, 1.807) is 0 Å². The lowest BCUT2D eigenvalue weighted by atomic mass is 10.0. The number of carbonyl (C=O) groups excluding carboxylic acids is 1. The molecule has 0 radical (unpaired) electrons. The highest BCUT2D eigenvalue weighted by molar-refractivity contribution is 7.21. The number of thiophene rings is 1. The predicted octanol–water partition coefficient (Wildman–Crippen LogP) is 2.61. The second-order valence-corrected chi connectivity index (χ2v) is 6.41. The first kappa shape index (κ1) is 12.5. The fourth-order valence-corrected chi connectivity index (χ4v) is 4.02. The van der Waals surface area contributed by atoms with E-state index < -0.39 is 0 Å². The average molecular weight is 299 g/mol. The monoisotopic (exact) mass is 299 g/mol. The van der Waals surface area contributed by atoms with Gasteiger partial charge in [0.25, 0.3) is 5.91 Å². The Hall–Kier alpha value is -2.21. The summed E-state index contributed by atoms with van der Waals surface area (Å²) in [6.45, 7) is 2.02. The number of fused-ring (bicyclic) bond motifs is 5. The molecule has 1 aliphatic heterocycles. The molecule has 2 aromatic heterocycles. The van der Waals surface area contributed by atoms with Crippen molar-refractivity contribution in [2.75, 3.05) is 0 Å². The van der Waals surface area contributed by atoms with Gasteiger partial charge in [0, 0.05) is 16.1 Å². The lowest BCUT2D eigenvalue weighted by Crippen LogP contribution is -2.30. The van der Waals surface area contributed by atoms with Crippen LogP contribution in [-0.2, 0) is 6.42 Å². The van der Waals surface area contributed by atoms with Crippen LogP contribution in [0.5, 0.6) is 5.88 Å². The van der Waals surface area contributed by atoms with Crippen LogP contribution in [0.3, 0.4) is 0 Å². The number of aromatic hydroxyl groups is 1. The van der Waals surface area contributed by atoms with Crippen molar-refractivity contribution in [2.24, 2.45) is 0 Å². The molecule has 5 nitrogen and oxygen atoms in total. The number of hydrogen-bond donors (Lipinski definition) is 2. The van der Waals surface area contributed by atoms with Gasteiger partial charge in [0.05, 0.1) is 22.1 Å². The maximum Gasteiger partial charge on any atom is 0.261 e. The van der Waals surface area contributed by atoms with Crippen molar-refractivity contribution >= 4 is 38.4 Å². The minimum atomic E-state index is -0.0884. The van der Waals surface area contributed by atoms with E-state index in [0.717, 1.165) is 38.9 Å². The van der Waals surface area contributed by atoms with Crippen LogP contribution >= 0.6 is 11.3 Å². The van der Waals surface area contributed by atoms with Gasteiger partial charge in [0.15, 0.2) is 0 Å². The molecule has 2 N–H and O–H groups in total. The third kappa shape index (κ3) is 1.86. The maximum atomic E-state index is 12.3. The number of carbonyl (C=O) groups is 1. The van der Waals surface area contributed by atoms with Gasteiger partial charge in [-0.15, -0.1) is 11.3 Å². The molecule has 0 bridgehead atoms. The van der Waals surface area contributed by atoms with Crippen molar-refractivity contribution in [3.05, 3.63) is 28.8 Å². The number of nitrogens with zero attached hydrogens (tertiary/aromatic N) is 2. The summed E-state index contributed by atoms with van der Waals surface area (Å²) in [6, 6.07) is 3.96. The Kier molecular flexibility index (Phi) is 2.62. The highest BCUT2D eigenvalue weighted by atomic mass is 32.1. The quantitative estimate of drug-likeness (QED) is 0.669. The molecule has 106 valence electrons. The molecule has 0 fully saturated rings. The smallest absolute Gasteiger partial charge is 0.261 e. The summed E-state index contributed by atoms with van der Waals surface area (Å²) in [7, 11) is 0. The van der Waals surface area contributed by atoms with Crippen LogP contribution in [-0.4, -0.2) is 27.0 Å². The highest BCUT2D eigenvalue weighted by Crippen LogP contribution is 2.37. The van der Waals surface area contributed by atoms with Crippen LogP contribution in [0.2, 0.25) is 0 Å². The maximum absolute atomic E-state index is 12.3. The van der Waals surface area contributed by atoms with E-state index in [4.69, 9.17) is 0 Å². The van der Waals surface area contributed by atoms with Crippen molar-refractivity contribution < 1.29 is 9.90 Å². The van der Waals surface area contributed by atoms with E-state index in [1.807, 2.05) is 19.1 Å². The Balaban J connectivity index is 2.08. The molecule has 0 saturated carbocycles. The van der Waals surface area contributed by atoms with Gasteiger partial charge in [-0.2, -0.15) is 0 Å². The van der Waals surface area contributed by atoms with Gasteiger partial charge >= 0.3 is 0 Å². The van der Waals surface area contributed by atoms with Crippen molar-refractivity contribution in [1.29, 1.82) is 0 Å². The second kappa shape index (κ2) is 4.39. The Labute approximate surface area is 124 Å². The molecule has 0 aliphatic carbocycles. The lowest BCUT2D eigenvalue weighted by Gasteiger charge is -2.08. The predicted molar refractivity (Wildman–Crippen MR) is 81.8 cm³/mol. The van der Waals surface area contributed by atoms with Gasteiger partial charge in [-0.25, -0.2) is 9.97 Å². The minimum absolute atomic E-state index is 0.00362. The summed E-state index contributed by atoms with van der Waals surface area (Å²) >= 11 is 1.50. The summed E-state index contributed by atoms with van der Waals surface area (Å²) in [6.07, 6.45) is 3.11. The van der Waals surface area contributed by atoms with Gasteiger partial charge in [-0.05, 0) is 37.5 Å². The van der Waals surface area contributed by atoms with Crippen LogP contribution in [0.4, 0.5) is 0 Å². The summed E-state index contributed by atoms with van der Waals surface area (Å²) in [5.74, 6) is -0.0920. The Morgan fingerprint density at radius 1 is 1.43 bits per heavy atom. The minimum Gasteiger partial charge on any atom is -0.492 e. The molecular formula is C15H13N3O2S. The molecule has 1 amide bonds. The summed E-state index contributed by atoms with van der Waals surface area (Å²) in [5, 5.41) is 13.5.